The molecule has 1 N–H and O–H groups in total. The highest BCUT2D eigenvalue weighted by Crippen LogP contribution is 2.31. The fraction of sp³-hybridized carbons (Fsp3) is 0.429. The quantitative estimate of drug-likeness (QED) is 0.659. The lowest BCUT2D eigenvalue weighted by Gasteiger charge is -2.31. The number of amides is 1. The first-order chi connectivity index (χ1) is 9.99. The molecule has 1 saturated carbocycles. The third-order valence-corrected chi connectivity index (χ3v) is 3.73. The van der Waals surface area contributed by atoms with E-state index in [1.165, 1.54) is 24.3 Å². The largest absolute Gasteiger partial charge is 0.550 e. The Balaban J connectivity index is 2.11. The van der Waals surface area contributed by atoms with Crippen molar-refractivity contribution in [1.82, 2.24) is 0 Å². The Bertz CT molecular complexity index is 572. The topological polar surface area (TPSA) is 112 Å². The molecule has 7 heteroatoms. The SMILES string of the molecule is O=C([O-])[C@H]1CCCC[C@@H]1C(=O)Nc1cccc([N+](=O)[O-])c1. The normalized spacial score (nSPS) is 21.5. The molecule has 1 aliphatic carbocycles. The molecular formula is C14H15N2O5-. The summed E-state index contributed by atoms with van der Waals surface area (Å²) in [5.41, 5.74) is 0.157. The van der Waals surface area contributed by atoms with Crippen molar-refractivity contribution >= 4 is 23.3 Å². The van der Waals surface area contributed by atoms with Crippen LogP contribution in [-0.4, -0.2) is 16.8 Å². The Morgan fingerprint density at radius 1 is 1.19 bits per heavy atom. The average Bonchev–Trinajstić information content (AvgIpc) is 2.47. The Morgan fingerprint density at radius 3 is 2.48 bits per heavy atom. The number of hydrogen-bond donors (Lipinski definition) is 1. The average molecular weight is 291 g/mol. The lowest BCUT2D eigenvalue weighted by molar-refractivity contribution is -0.384. The van der Waals surface area contributed by atoms with Crippen molar-refractivity contribution in [2.75, 3.05) is 5.32 Å². The summed E-state index contributed by atoms with van der Waals surface area (Å²) < 4.78 is 0. The number of rotatable bonds is 4. The smallest absolute Gasteiger partial charge is 0.271 e. The van der Waals surface area contributed by atoms with Crippen molar-refractivity contribution < 1.29 is 19.6 Å². The first-order valence-electron chi connectivity index (χ1n) is 6.75. The zero-order valence-corrected chi connectivity index (χ0v) is 11.3. The van der Waals surface area contributed by atoms with Crippen LogP contribution in [0.25, 0.3) is 0 Å². The number of nitrogens with one attached hydrogen (secondary N) is 1. The van der Waals surface area contributed by atoms with Crippen LogP contribution in [0, 0.1) is 22.0 Å². The van der Waals surface area contributed by atoms with Crippen molar-refractivity contribution in [2.24, 2.45) is 11.8 Å². The van der Waals surface area contributed by atoms with E-state index in [0.717, 1.165) is 12.8 Å². The number of non-ortho nitro benzene ring substituents is 1. The third-order valence-electron chi connectivity index (χ3n) is 3.73. The summed E-state index contributed by atoms with van der Waals surface area (Å²) >= 11 is 0. The maximum atomic E-state index is 12.2. The fourth-order valence-electron chi connectivity index (χ4n) is 2.66. The van der Waals surface area contributed by atoms with E-state index < -0.39 is 28.6 Å². The summed E-state index contributed by atoms with van der Waals surface area (Å²) in [6, 6.07) is 5.56. The second kappa shape index (κ2) is 6.34. The maximum absolute atomic E-state index is 12.2. The third kappa shape index (κ3) is 3.56. The highest BCUT2D eigenvalue weighted by Gasteiger charge is 2.31. The van der Waals surface area contributed by atoms with Crippen LogP contribution < -0.4 is 10.4 Å². The van der Waals surface area contributed by atoms with E-state index in [1.54, 1.807) is 0 Å². The fourth-order valence-corrected chi connectivity index (χ4v) is 2.66. The van der Waals surface area contributed by atoms with Crippen molar-refractivity contribution in [2.45, 2.75) is 25.7 Å². The molecule has 112 valence electrons. The van der Waals surface area contributed by atoms with Crippen LogP contribution in [0.15, 0.2) is 24.3 Å². The van der Waals surface area contributed by atoms with Crippen molar-refractivity contribution in [3.05, 3.63) is 34.4 Å². The van der Waals surface area contributed by atoms with Gasteiger partial charge in [0.1, 0.15) is 0 Å². The van der Waals surface area contributed by atoms with Gasteiger partial charge in [0.25, 0.3) is 5.69 Å². The molecule has 2 rings (SSSR count). The van der Waals surface area contributed by atoms with Gasteiger partial charge in [-0.25, -0.2) is 0 Å². The van der Waals surface area contributed by atoms with E-state index in [2.05, 4.69) is 5.32 Å². The number of nitrogens with zero attached hydrogens (tertiary/aromatic N) is 1. The first-order valence-corrected chi connectivity index (χ1v) is 6.75. The van der Waals surface area contributed by atoms with Crippen LogP contribution in [0.3, 0.4) is 0 Å². The Kier molecular flexibility index (Phi) is 4.52. The van der Waals surface area contributed by atoms with Crippen LogP contribution in [0.4, 0.5) is 11.4 Å². The van der Waals surface area contributed by atoms with Crippen molar-refractivity contribution in [3.8, 4) is 0 Å². The number of carboxylic acids is 1. The van der Waals surface area contributed by atoms with Gasteiger partial charge >= 0.3 is 0 Å². The van der Waals surface area contributed by atoms with Crippen LogP contribution in [0.5, 0.6) is 0 Å². The van der Waals surface area contributed by atoms with Gasteiger partial charge in [0.05, 0.1) is 4.92 Å². The molecular weight excluding hydrogens is 276 g/mol. The summed E-state index contributed by atoms with van der Waals surface area (Å²) in [7, 11) is 0. The van der Waals surface area contributed by atoms with E-state index in [-0.39, 0.29) is 11.4 Å². The second-order valence-electron chi connectivity index (χ2n) is 5.11. The van der Waals surface area contributed by atoms with E-state index in [4.69, 9.17) is 0 Å². The molecule has 0 spiro atoms. The number of aliphatic carboxylic acids is 1. The molecule has 0 radical (unpaired) electrons. The van der Waals surface area contributed by atoms with Gasteiger partial charge in [-0.05, 0) is 18.9 Å². The van der Waals surface area contributed by atoms with Gasteiger partial charge in [0, 0.05) is 35.6 Å². The number of carbonyl (C=O) groups is 2. The van der Waals surface area contributed by atoms with Gasteiger partial charge in [-0.1, -0.05) is 18.9 Å². The number of nitro benzene ring substituents is 1. The van der Waals surface area contributed by atoms with E-state index in [1.807, 2.05) is 0 Å². The van der Waals surface area contributed by atoms with Gasteiger partial charge < -0.3 is 15.2 Å². The number of nitro groups is 1. The Labute approximate surface area is 121 Å². The number of benzene rings is 1. The summed E-state index contributed by atoms with van der Waals surface area (Å²) in [5.74, 6) is -3.08. The molecule has 0 bridgehead atoms. The molecule has 0 saturated heterocycles. The monoisotopic (exact) mass is 291 g/mol. The zero-order chi connectivity index (χ0) is 15.4. The second-order valence-corrected chi connectivity index (χ2v) is 5.11. The van der Waals surface area contributed by atoms with Crippen LogP contribution in [0.1, 0.15) is 25.7 Å². The molecule has 0 unspecified atom stereocenters. The Morgan fingerprint density at radius 2 is 1.86 bits per heavy atom. The summed E-state index contributed by atoms with van der Waals surface area (Å²) in [5, 5.41) is 24.3. The predicted octanol–water partition coefficient (Wildman–Crippen LogP) is 1.09. The van der Waals surface area contributed by atoms with Gasteiger partial charge in [-0.15, -0.1) is 0 Å². The van der Waals surface area contributed by atoms with Crippen molar-refractivity contribution in [3.63, 3.8) is 0 Å². The van der Waals surface area contributed by atoms with Crippen molar-refractivity contribution in [1.29, 1.82) is 0 Å². The highest BCUT2D eigenvalue weighted by atomic mass is 16.6. The molecule has 2 atom stereocenters. The molecule has 1 aliphatic rings. The minimum absolute atomic E-state index is 0.132. The van der Waals surface area contributed by atoms with Gasteiger partial charge in [0.2, 0.25) is 5.91 Å². The van der Waals surface area contributed by atoms with Crippen LogP contribution in [0.2, 0.25) is 0 Å². The predicted molar refractivity (Wildman–Crippen MR) is 72.2 cm³/mol. The Hall–Kier alpha value is -2.44. The molecule has 1 aromatic rings. The molecule has 21 heavy (non-hydrogen) atoms. The summed E-state index contributed by atoms with van der Waals surface area (Å²) in [6.45, 7) is 0. The van der Waals surface area contributed by atoms with Gasteiger partial charge in [-0.2, -0.15) is 0 Å². The zero-order valence-electron chi connectivity index (χ0n) is 11.3. The number of hydrogen-bond acceptors (Lipinski definition) is 5. The molecule has 1 aromatic carbocycles. The number of carbonyl (C=O) groups excluding carboxylic acids is 2. The molecule has 1 fully saturated rings. The van der Waals surface area contributed by atoms with E-state index >= 15 is 0 Å². The standard InChI is InChI=1S/C14H16N2O5/c17-13(11-6-1-2-7-12(11)14(18)19)15-9-4-3-5-10(8-9)16(20)21/h3-5,8,11-12H,1-2,6-7H2,(H,15,17)(H,18,19)/p-1/t11-,12-/m0/s1. The lowest BCUT2D eigenvalue weighted by Crippen LogP contribution is -2.42. The molecule has 0 aliphatic heterocycles. The van der Waals surface area contributed by atoms with Crippen LogP contribution in [-0.2, 0) is 9.59 Å². The number of anilines is 1. The minimum atomic E-state index is -1.21. The van der Waals surface area contributed by atoms with Gasteiger partial charge in [0.15, 0.2) is 0 Å². The molecule has 0 heterocycles. The first kappa shape index (κ1) is 15.0. The van der Waals surface area contributed by atoms with E-state index in [9.17, 15) is 24.8 Å². The van der Waals surface area contributed by atoms with Crippen LogP contribution >= 0.6 is 0 Å². The molecule has 0 aromatic heterocycles. The lowest BCUT2D eigenvalue weighted by atomic mass is 9.78. The molecule has 1 amide bonds. The summed E-state index contributed by atoms with van der Waals surface area (Å²) in [6.07, 6.45) is 2.46. The summed E-state index contributed by atoms with van der Waals surface area (Å²) in [4.78, 5) is 33.4. The highest BCUT2D eigenvalue weighted by molar-refractivity contribution is 5.95. The van der Waals surface area contributed by atoms with E-state index in [0.29, 0.717) is 12.8 Å². The van der Waals surface area contributed by atoms with Gasteiger partial charge in [-0.3, -0.25) is 14.9 Å². The molecule has 7 nitrogen and oxygen atoms in total. The maximum Gasteiger partial charge on any atom is 0.271 e. The minimum Gasteiger partial charge on any atom is -0.550 e. The number of carboxylic acid groups (broad SMARTS) is 1.